The normalized spacial score (nSPS) is 13.7. The van der Waals surface area contributed by atoms with E-state index in [1.54, 1.807) is 0 Å². The van der Waals surface area contributed by atoms with Gasteiger partial charge in [0.25, 0.3) is 0 Å². The average Bonchev–Trinajstić information content (AvgIpc) is 2.99. The lowest BCUT2D eigenvalue weighted by molar-refractivity contribution is -0.161. The number of carbonyl (C=O) groups is 2. The monoisotopic (exact) mass is 633 g/mol. The van der Waals surface area contributed by atoms with Gasteiger partial charge in [-0.1, -0.05) is 122 Å². The van der Waals surface area contributed by atoms with Crippen molar-refractivity contribution in [2.45, 2.75) is 161 Å². The van der Waals surface area contributed by atoms with Gasteiger partial charge in [0.1, 0.15) is 6.61 Å². The lowest BCUT2D eigenvalue weighted by atomic mass is 10.0. The van der Waals surface area contributed by atoms with Crippen LogP contribution in [0.3, 0.4) is 0 Å². The maximum Gasteiger partial charge on any atom is 0.472 e. The number of esters is 2. The predicted molar refractivity (Wildman–Crippen MR) is 174 cm³/mol. The molecule has 0 spiro atoms. The molecule has 0 heterocycles. The number of unbranched alkanes of at least 4 members (excludes halogenated alkanes) is 17. The molecule has 0 bridgehead atoms. The van der Waals surface area contributed by atoms with Gasteiger partial charge in [0.05, 0.1) is 13.2 Å². The molecule has 0 saturated heterocycles. The van der Waals surface area contributed by atoms with Crippen LogP contribution < -0.4 is 5.73 Å². The Balaban J connectivity index is 4.27. The van der Waals surface area contributed by atoms with Gasteiger partial charge in [0, 0.05) is 19.4 Å². The van der Waals surface area contributed by atoms with Crippen LogP contribution >= 0.6 is 7.82 Å². The number of allylic oxidation sites excluding steroid dienone is 2. The van der Waals surface area contributed by atoms with Gasteiger partial charge in [-0.2, -0.15) is 0 Å². The first-order valence-corrected chi connectivity index (χ1v) is 18.7. The van der Waals surface area contributed by atoms with Crippen molar-refractivity contribution < 1.29 is 37.6 Å². The second kappa shape index (κ2) is 30.8. The van der Waals surface area contributed by atoms with Gasteiger partial charge in [0.15, 0.2) is 6.10 Å². The second-order valence-corrected chi connectivity index (χ2v) is 12.8. The smallest absolute Gasteiger partial charge is 0.462 e. The predicted octanol–water partition coefficient (Wildman–Crippen LogP) is 8.71. The molecule has 0 aromatic carbocycles. The number of phosphoric ester groups is 1. The summed E-state index contributed by atoms with van der Waals surface area (Å²) in [6.45, 7) is 3.63. The van der Waals surface area contributed by atoms with E-state index >= 15 is 0 Å². The van der Waals surface area contributed by atoms with Gasteiger partial charge < -0.3 is 20.1 Å². The molecule has 9 nitrogen and oxygen atoms in total. The Bertz CT molecular complexity index is 734. The van der Waals surface area contributed by atoms with Crippen LogP contribution in [0.5, 0.6) is 0 Å². The van der Waals surface area contributed by atoms with Crippen LogP contribution in [0.25, 0.3) is 0 Å². The van der Waals surface area contributed by atoms with E-state index < -0.39 is 26.5 Å². The third kappa shape index (κ3) is 30.6. The lowest BCUT2D eigenvalue weighted by Gasteiger charge is -2.19. The topological polar surface area (TPSA) is 134 Å². The van der Waals surface area contributed by atoms with Crippen molar-refractivity contribution in [3.05, 3.63) is 12.2 Å². The summed E-state index contributed by atoms with van der Waals surface area (Å²) in [5.41, 5.74) is 5.31. The van der Waals surface area contributed by atoms with E-state index in [-0.39, 0.29) is 38.6 Å². The molecule has 0 fully saturated rings. The van der Waals surface area contributed by atoms with Crippen LogP contribution in [0, 0.1) is 0 Å². The van der Waals surface area contributed by atoms with Crippen LogP contribution in [0.1, 0.15) is 155 Å². The fourth-order valence-corrected chi connectivity index (χ4v) is 5.34. The fourth-order valence-electron chi connectivity index (χ4n) is 4.58. The largest absolute Gasteiger partial charge is 0.472 e. The molecule has 0 aliphatic rings. The van der Waals surface area contributed by atoms with E-state index in [2.05, 4.69) is 26.0 Å². The van der Waals surface area contributed by atoms with E-state index in [1.165, 1.54) is 64.2 Å². The van der Waals surface area contributed by atoms with Gasteiger partial charge in [-0.25, -0.2) is 4.57 Å². The van der Waals surface area contributed by atoms with E-state index in [1.807, 2.05) is 0 Å². The Hall–Kier alpha value is -1.25. The highest BCUT2D eigenvalue weighted by molar-refractivity contribution is 7.47. The number of hydrogen-bond acceptors (Lipinski definition) is 8. The van der Waals surface area contributed by atoms with E-state index in [0.717, 1.165) is 57.8 Å². The highest BCUT2D eigenvalue weighted by Gasteiger charge is 2.25. The van der Waals surface area contributed by atoms with Crippen molar-refractivity contribution in [2.75, 3.05) is 26.4 Å². The van der Waals surface area contributed by atoms with Crippen LogP contribution in [0.4, 0.5) is 0 Å². The van der Waals surface area contributed by atoms with E-state index in [0.29, 0.717) is 6.42 Å². The van der Waals surface area contributed by atoms with Crippen molar-refractivity contribution in [3.63, 3.8) is 0 Å². The Morgan fingerprint density at radius 1 is 0.674 bits per heavy atom. The Morgan fingerprint density at radius 3 is 1.74 bits per heavy atom. The highest BCUT2D eigenvalue weighted by atomic mass is 31.2. The first kappa shape index (κ1) is 41.8. The molecule has 0 aromatic rings. The van der Waals surface area contributed by atoms with Crippen molar-refractivity contribution in [1.82, 2.24) is 0 Å². The molecule has 3 N–H and O–H groups in total. The molecule has 0 aliphatic heterocycles. The zero-order chi connectivity index (χ0) is 31.9. The quantitative estimate of drug-likeness (QED) is 0.0323. The molecule has 0 aliphatic carbocycles. The standard InChI is InChI=1S/C33H64NO8P/c1-3-5-7-9-11-13-15-16-18-19-21-23-25-32(35)39-29-31(30-41-43(37,38)40-28-27-34)42-33(36)26-24-22-20-17-14-12-10-8-6-4-2/h8,10,31H,3-7,9,11-30,34H2,1-2H3,(H,37,38)/b10-8-. The van der Waals surface area contributed by atoms with Gasteiger partial charge in [-0.3, -0.25) is 18.6 Å². The van der Waals surface area contributed by atoms with Gasteiger partial charge >= 0.3 is 19.8 Å². The molecule has 0 amide bonds. The summed E-state index contributed by atoms with van der Waals surface area (Å²) in [5.74, 6) is -0.840. The molecular formula is C33H64NO8P. The number of rotatable bonds is 32. The maximum absolute atomic E-state index is 12.4. The number of phosphoric acid groups is 1. The number of nitrogens with two attached hydrogens (primary N) is 1. The minimum Gasteiger partial charge on any atom is -0.462 e. The zero-order valence-corrected chi connectivity index (χ0v) is 28.3. The summed E-state index contributed by atoms with van der Waals surface area (Å²) < 4.78 is 32.5. The first-order chi connectivity index (χ1) is 20.8. The second-order valence-electron chi connectivity index (χ2n) is 11.4. The molecular weight excluding hydrogens is 569 g/mol. The van der Waals surface area contributed by atoms with Crippen LogP contribution in [0.15, 0.2) is 12.2 Å². The van der Waals surface area contributed by atoms with Crippen molar-refractivity contribution in [3.8, 4) is 0 Å². The Morgan fingerprint density at radius 2 is 1.19 bits per heavy atom. The number of ether oxygens (including phenoxy) is 2. The molecule has 0 radical (unpaired) electrons. The van der Waals surface area contributed by atoms with Crippen LogP contribution in [-0.2, 0) is 32.7 Å². The Kier molecular flexibility index (Phi) is 29.9. The van der Waals surface area contributed by atoms with Crippen molar-refractivity contribution in [2.24, 2.45) is 5.73 Å². The molecule has 2 atom stereocenters. The van der Waals surface area contributed by atoms with Crippen LogP contribution in [-0.4, -0.2) is 49.3 Å². The highest BCUT2D eigenvalue weighted by Crippen LogP contribution is 2.43. The summed E-state index contributed by atoms with van der Waals surface area (Å²) in [4.78, 5) is 34.5. The summed E-state index contributed by atoms with van der Waals surface area (Å²) in [7, 11) is -4.36. The number of hydrogen-bond donors (Lipinski definition) is 2. The molecule has 10 heteroatoms. The molecule has 0 rings (SSSR count). The van der Waals surface area contributed by atoms with Crippen LogP contribution in [0.2, 0.25) is 0 Å². The van der Waals surface area contributed by atoms with E-state index in [4.69, 9.17) is 24.3 Å². The SMILES string of the molecule is CCC/C=C\CCCCCCCC(=O)OC(COC(=O)CCCCCCCCCCCCCC)COP(=O)(O)OCCN. The molecule has 2 unspecified atom stereocenters. The fraction of sp³-hybridized carbons (Fsp3) is 0.879. The Labute approximate surface area is 262 Å². The van der Waals surface area contributed by atoms with Gasteiger partial charge in [0.2, 0.25) is 0 Å². The minimum absolute atomic E-state index is 0.0542. The van der Waals surface area contributed by atoms with E-state index in [9.17, 15) is 19.0 Å². The molecule has 0 aromatic heterocycles. The average molecular weight is 634 g/mol. The molecule has 43 heavy (non-hydrogen) atoms. The number of carbonyl (C=O) groups excluding carboxylic acids is 2. The summed E-state index contributed by atoms with van der Waals surface area (Å²) in [5, 5.41) is 0. The maximum atomic E-state index is 12.4. The minimum atomic E-state index is -4.36. The van der Waals surface area contributed by atoms with Gasteiger partial charge in [-0.15, -0.1) is 0 Å². The molecule has 254 valence electrons. The summed E-state index contributed by atoms with van der Waals surface area (Å²) >= 11 is 0. The zero-order valence-electron chi connectivity index (χ0n) is 27.4. The summed E-state index contributed by atoms with van der Waals surface area (Å²) in [6.07, 6.45) is 26.8. The lowest BCUT2D eigenvalue weighted by Crippen LogP contribution is -2.29. The molecule has 0 saturated carbocycles. The summed E-state index contributed by atoms with van der Waals surface area (Å²) in [6, 6.07) is 0. The third-order valence-corrected chi connectivity index (χ3v) is 8.12. The van der Waals surface area contributed by atoms with Gasteiger partial charge in [-0.05, 0) is 32.1 Å². The third-order valence-electron chi connectivity index (χ3n) is 7.13. The first-order valence-electron chi connectivity index (χ1n) is 17.2. The van der Waals surface area contributed by atoms with Crippen molar-refractivity contribution >= 4 is 19.8 Å². The van der Waals surface area contributed by atoms with Crippen molar-refractivity contribution in [1.29, 1.82) is 0 Å².